The normalized spacial score (nSPS) is 9.96. The summed E-state index contributed by atoms with van der Waals surface area (Å²) in [7, 11) is 4.08. The lowest BCUT2D eigenvalue weighted by Gasteiger charge is -2.15. The Morgan fingerprint density at radius 3 is 2.25 bits per heavy atom. The second-order valence-electron chi connectivity index (χ2n) is 4.60. The molecule has 0 fully saturated rings. The number of ether oxygens (including phenoxy) is 4. The van der Waals surface area contributed by atoms with Gasteiger partial charge >= 0.3 is 11.9 Å². The van der Waals surface area contributed by atoms with Crippen molar-refractivity contribution in [2.45, 2.75) is 0 Å². The van der Waals surface area contributed by atoms with Gasteiger partial charge in [-0.25, -0.2) is 9.59 Å². The summed E-state index contributed by atoms with van der Waals surface area (Å²) in [6.45, 7) is 0. The largest absolute Gasteiger partial charge is 0.497 e. The SMILES string of the molecule is COC(=O)c1cccc(OC)c1Oc1ccc(OC)cc1C(=O)O. The highest BCUT2D eigenvalue weighted by atomic mass is 16.5. The van der Waals surface area contributed by atoms with Crippen molar-refractivity contribution in [3.8, 4) is 23.0 Å². The fourth-order valence-electron chi connectivity index (χ4n) is 2.05. The molecule has 0 heterocycles. The van der Waals surface area contributed by atoms with Crippen molar-refractivity contribution >= 4 is 11.9 Å². The molecular weight excluding hydrogens is 316 g/mol. The first kappa shape index (κ1) is 17.1. The van der Waals surface area contributed by atoms with Crippen LogP contribution in [0.2, 0.25) is 0 Å². The van der Waals surface area contributed by atoms with Crippen molar-refractivity contribution in [3.63, 3.8) is 0 Å². The van der Waals surface area contributed by atoms with Crippen LogP contribution in [0.4, 0.5) is 0 Å². The summed E-state index contributed by atoms with van der Waals surface area (Å²) in [4.78, 5) is 23.4. The van der Waals surface area contributed by atoms with Crippen molar-refractivity contribution in [2.75, 3.05) is 21.3 Å². The number of carbonyl (C=O) groups excluding carboxylic acids is 1. The molecule has 0 radical (unpaired) electrons. The maximum Gasteiger partial charge on any atom is 0.341 e. The van der Waals surface area contributed by atoms with Gasteiger partial charge in [0.2, 0.25) is 0 Å². The van der Waals surface area contributed by atoms with Gasteiger partial charge in [0, 0.05) is 0 Å². The van der Waals surface area contributed by atoms with Crippen molar-refractivity contribution in [1.82, 2.24) is 0 Å². The van der Waals surface area contributed by atoms with Crippen molar-refractivity contribution < 1.29 is 33.6 Å². The number of hydrogen-bond acceptors (Lipinski definition) is 6. The topological polar surface area (TPSA) is 91.3 Å². The Labute approximate surface area is 138 Å². The van der Waals surface area contributed by atoms with Gasteiger partial charge in [-0.1, -0.05) is 6.07 Å². The molecule has 0 spiro atoms. The van der Waals surface area contributed by atoms with E-state index in [0.29, 0.717) is 5.75 Å². The molecule has 0 aliphatic carbocycles. The van der Waals surface area contributed by atoms with Crippen LogP contribution < -0.4 is 14.2 Å². The van der Waals surface area contributed by atoms with Crippen LogP contribution in [0.25, 0.3) is 0 Å². The second kappa shape index (κ2) is 7.36. The average molecular weight is 332 g/mol. The molecule has 7 nitrogen and oxygen atoms in total. The van der Waals surface area contributed by atoms with Crippen molar-refractivity contribution in [3.05, 3.63) is 47.5 Å². The van der Waals surface area contributed by atoms with E-state index in [1.807, 2.05) is 0 Å². The molecule has 0 unspecified atom stereocenters. The zero-order valence-electron chi connectivity index (χ0n) is 13.4. The van der Waals surface area contributed by atoms with Crippen LogP contribution >= 0.6 is 0 Å². The van der Waals surface area contributed by atoms with Crippen LogP contribution in [0.15, 0.2) is 36.4 Å². The summed E-state index contributed by atoms with van der Waals surface area (Å²) in [6.07, 6.45) is 0. The van der Waals surface area contributed by atoms with Gasteiger partial charge in [0.25, 0.3) is 0 Å². The maximum absolute atomic E-state index is 11.9. The van der Waals surface area contributed by atoms with Gasteiger partial charge in [-0.05, 0) is 30.3 Å². The predicted octanol–water partition coefficient (Wildman–Crippen LogP) is 2.98. The minimum absolute atomic E-state index is 0.0398. The Morgan fingerprint density at radius 2 is 1.67 bits per heavy atom. The lowest BCUT2D eigenvalue weighted by Crippen LogP contribution is -2.07. The summed E-state index contributed by atoms with van der Waals surface area (Å²) >= 11 is 0. The molecule has 0 saturated heterocycles. The molecule has 2 aromatic rings. The minimum atomic E-state index is -1.20. The zero-order chi connectivity index (χ0) is 17.7. The third-order valence-corrected chi connectivity index (χ3v) is 3.23. The molecule has 0 bridgehead atoms. The van der Waals surface area contributed by atoms with Gasteiger partial charge in [0.1, 0.15) is 22.6 Å². The van der Waals surface area contributed by atoms with E-state index in [1.54, 1.807) is 18.2 Å². The molecule has 0 atom stereocenters. The van der Waals surface area contributed by atoms with Crippen LogP contribution in [0, 0.1) is 0 Å². The van der Waals surface area contributed by atoms with Crippen LogP contribution in [0.1, 0.15) is 20.7 Å². The maximum atomic E-state index is 11.9. The summed E-state index contributed by atoms with van der Waals surface area (Å²) in [5, 5.41) is 9.36. The number of benzene rings is 2. The van der Waals surface area contributed by atoms with Gasteiger partial charge in [-0.3, -0.25) is 0 Å². The van der Waals surface area contributed by atoms with Crippen molar-refractivity contribution in [1.29, 1.82) is 0 Å². The van der Waals surface area contributed by atoms with Crippen LogP contribution in [0.5, 0.6) is 23.0 Å². The van der Waals surface area contributed by atoms with E-state index in [-0.39, 0.29) is 28.4 Å². The Kier molecular flexibility index (Phi) is 5.26. The summed E-state index contributed by atoms with van der Waals surface area (Å²) in [5.41, 5.74) is 0.0000729. The number of rotatable bonds is 6. The summed E-state index contributed by atoms with van der Waals surface area (Å²) < 4.78 is 20.6. The van der Waals surface area contributed by atoms with Gasteiger partial charge in [-0.15, -0.1) is 0 Å². The quantitative estimate of drug-likeness (QED) is 0.813. The fourth-order valence-corrected chi connectivity index (χ4v) is 2.05. The molecule has 0 aliphatic heterocycles. The number of carboxylic acids is 1. The van der Waals surface area contributed by atoms with E-state index < -0.39 is 11.9 Å². The molecule has 0 saturated carbocycles. The molecule has 2 aromatic carbocycles. The first-order valence-electron chi connectivity index (χ1n) is 6.86. The molecule has 24 heavy (non-hydrogen) atoms. The second-order valence-corrected chi connectivity index (χ2v) is 4.60. The molecular formula is C17H16O7. The molecule has 2 rings (SSSR count). The predicted molar refractivity (Wildman–Crippen MR) is 84.4 cm³/mol. The Morgan fingerprint density at radius 1 is 0.917 bits per heavy atom. The van der Waals surface area contributed by atoms with Crippen LogP contribution in [-0.2, 0) is 4.74 Å². The smallest absolute Gasteiger partial charge is 0.341 e. The monoisotopic (exact) mass is 332 g/mol. The van der Waals surface area contributed by atoms with E-state index in [1.165, 1.54) is 39.5 Å². The van der Waals surface area contributed by atoms with Gasteiger partial charge in [0.05, 0.1) is 21.3 Å². The summed E-state index contributed by atoms with van der Waals surface area (Å²) in [5.74, 6) is -1.08. The average Bonchev–Trinajstić information content (AvgIpc) is 2.61. The highest BCUT2D eigenvalue weighted by Gasteiger charge is 2.21. The number of carbonyl (C=O) groups is 2. The molecule has 0 amide bonds. The molecule has 0 aliphatic rings. The number of esters is 1. The first-order valence-corrected chi connectivity index (χ1v) is 6.86. The number of hydrogen-bond donors (Lipinski definition) is 1. The lowest BCUT2D eigenvalue weighted by atomic mass is 10.1. The lowest BCUT2D eigenvalue weighted by molar-refractivity contribution is 0.0597. The first-order chi connectivity index (χ1) is 11.5. The third kappa shape index (κ3) is 3.40. The Balaban J connectivity index is 2.55. The van der Waals surface area contributed by atoms with Gasteiger partial charge < -0.3 is 24.1 Å². The highest BCUT2D eigenvalue weighted by molar-refractivity contribution is 5.94. The zero-order valence-corrected chi connectivity index (χ0v) is 13.4. The molecule has 126 valence electrons. The number of methoxy groups -OCH3 is 3. The van der Waals surface area contributed by atoms with E-state index in [4.69, 9.17) is 18.9 Å². The van der Waals surface area contributed by atoms with Crippen molar-refractivity contribution in [2.24, 2.45) is 0 Å². The van der Waals surface area contributed by atoms with E-state index in [9.17, 15) is 14.7 Å². The fraction of sp³-hybridized carbons (Fsp3) is 0.176. The van der Waals surface area contributed by atoms with E-state index in [2.05, 4.69) is 0 Å². The number of aromatic carboxylic acids is 1. The number of para-hydroxylation sites is 1. The Bertz CT molecular complexity index is 768. The van der Waals surface area contributed by atoms with E-state index in [0.717, 1.165) is 0 Å². The molecule has 7 heteroatoms. The number of carboxylic acid groups (broad SMARTS) is 1. The van der Waals surface area contributed by atoms with E-state index >= 15 is 0 Å². The third-order valence-electron chi connectivity index (χ3n) is 3.23. The minimum Gasteiger partial charge on any atom is -0.497 e. The Hall–Kier alpha value is -3.22. The summed E-state index contributed by atoms with van der Waals surface area (Å²) in [6, 6.07) is 9.00. The van der Waals surface area contributed by atoms with Crippen LogP contribution in [-0.4, -0.2) is 38.4 Å². The van der Waals surface area contributed by atoms with Gasteiger partial charge in [-0.2, -0.15) is 0 Å². The molecule has 0 aromatic heterocycles. The molecule has 1 N–H and O–H groups in total. The highest BCUT2D eigenvalue weighted by Crippen LogP contribution is 2.37. The van der Waals surface area contributed by atoms with Crippen LogP contribution in [0.3, 0.4) is 0 Å². The standard InChI is InChI=1S/C17H16O7/c1-21-10-7-8-13(12(9-10)16(18)19)24-15-11(17(20)23-3)5-4-6-14(15)22-2/h4-9H,1-3H3,(H,18,19). The van der Waals surface area contributed by atoms with Gasteiger partial charge in [0.15, 0.2) is 11.5 Å².